The Kier molecular flexibility index (Phi) is 6.72. The molecule has 0 aromatic heterocycles. The minimum atomic E-state index is -0.600. The van der Waals surface area contributed by atoms with Crippen LogP contribution in [-0.2, 0) is 10.2 Å². The Balaban J connectivity index is 2.10. The summed E-state index contributed by atoms with van der Waals surface area (Å²) in [6.45, 7) is 8.40. The lowest BCUT2D eigenvalue weighted by Crippen LogP contribution is -2.32. The summed E-state index contributed by atoms with van der Waals surface area (Å²) in [6, 6.07) is 13.1. The van der Waals surface area contributed by atoms with Gasteiger partial charge in [-0.3, -0.25) is 4.79 Å². The molecule has 0 saturated heterocycles. The lowest BCUT2D eigenvalue weighted by Gasteiger charge is -2.21. The highest BCUT2D eigenvalue weighted by molar-refractivity contribution is 5.95. The first-order valence-electron chi connectivity index (χ1n) is 9.08. The van der Waals surface area contributed by atoms with Crippen molar-refractivity contribution >= 4 is 11.6 Å². The SMILES string of the molecule is CC[C@H](Oc1ccc(C(C)(C)C)cc1)C(=O)Nc1ccc(OC)cc1OC. The van der Waals surface area contributed by atoms with Gasteiger partial charge in [0.15, 0.2) is 6.10 Å². The first kappa shape index (κ1) is 20.6. The zero-order valence-electron chi connectivity index (χ0n) is 17.0. The number of hydrogen-bond donors (Lipinski definition) is 1. The van der Waals surface area contributed by atoms with Crippen molar-refractivity contribution < 1.29 is 19.0 Å². The molecule has 0 aliphatic heterocycles. The number of carbonyl (C=O) groups is 1. The molecule has 2 aromatic rings. The lowest BCUT2D eigenvalue weighted by molar-refractivity contribution is -0.122. The molecular weight excluding hydrogens is 342 g/mol. The van der Waals surface area contributed by atoms with E-state index in [-0.39, 0.29) is 11.3 Å². The van der Waals surface area contributed by atoms with Gasteiger partial charge in [-0.05, 0) is 41.7 Å². The van der Waals surface area contributed by atoms with E-state index >= 15 is 0 Å². The molecule has 5 nitrogen and oxygen atoms in total. The Morgan fingerprint density at radius 3 is 2.15 bits per heavy atom. The monoisotopic (exact) mass is 371 g/mol. The van der Waals surface area contributed by atoms with Gasteiger partial charge in [-0.1, -0.05) is 39.8 Å². The number of nitrogens with one attached hydrogen (secondary N) is 1. The predicted octanol–water partition coefficient (Wildman–Crippen LogP) is 4.80. The average molecular weight is 371 g/mol. The number of anilines is 1. The topological polar surface area (TPSA) is 56.8 Å². The number of hydrogen-bond acceptors (Lipinski definition) is 4. The zero-order chi connectivity index (χ0) is 20.0. The molecule has 0 spiro atoms. The van der Waals surface area contributed by atoms with Crippen molar-refractivity contribution in [2.45, 2.75) is 45.6 Å². The van der Waals surface area contributed by atoms with E-state index in [9.17, 15) is 4.79 Å². The van der Waals surface area contributed by atoms with Crippen molar-refractivity contribution in [2.75, 3.05) is 19.5 Å². The van der Waals surface area contributed by atoms with E-state index in [1.54, 1.807) is 32.4 Å². The third-order valence-corrected chi connectivity index (χ3v) is 4.33. The maximum Gasteiger partial charge on any atom is 0.265 e. The van der Waals surface area contributed by atoms with Crippen LogP contribution in [0.3, 0.4) is 0 Å². The van der Waals surface area contributed by atoms with Gasteiger partial charge in [-0.25, -0.2) is 0 Å². The Hall–Kier alpha value is -2.69. The first-order valence-corrected chi connectivity index (χ1v) is 9.08. The van der Waals surface area contributed by atoms with E-state index < -0.39 is 6.10 Å². The Morgan fingerprint density at radius 1 is 1.00 bits per heavy atom. The van der Waals surface area contributed by atoms with Crippen molar-refractivity contribution in [2.24, 2.45) is 0 Å². The van der Waals surface area contributed by atoms with Crippen LogP contribution >= 0.6 is 0 Å². The van der Waals surface area contributed by atoms with Crippen LogP contribution in [0.25, 0.3) is 0 Å². The highest BCUT2D eigenvalue weighted by Gasteiger charge is 2.21. The van der Waals surface area contributed by atoms with E-state index in [0.717, 1.165) is 0 Å². The summed E-state index contributed by atoms with van der Waals surface area (Å²) in [5.74, 6) is 1.65. The van der Waals surface area contributed by atoms with Crippen LogP contribution < -0.4 is 19.5 Å². The molecule has 0 aliphatic carbocycles. The molecule has 27 heavy (non-hydrogen) atoms. The van der Waals surface area contributed by atoms with E-state index in [1.807, 2.05) is 31.2 Å². The largest absolute Gasteiger partial charge is 0.497 e. The normalized spacial score (nSPS) is 12.2. The van der Waals surface area contributed by atoms with Crippen LogP contribution in [0.5, 0.6) is 17.2 Å². The molecule has 0 heterocycles. The van der Waals surface area contributed by atoms with Crippen LogP contribution in [0.15, 0.2) is 42.5 Å². The Morgan fingerprint density at radius 2 is 1.63 bits per heavy atom. The minimum Gasteiger partial charge on any atom is -0.497 e. The molecule has 0 unspecified atom stereocenters. The number of carbonyl (C=O) groups excluding carboxylic acids is 1. The minimum absolute atomic E-state index is 0.0744. The number of methoxy groups -OCH3 is 2. The molecule has 146 valence electrons. The van der Waals surface area contributed by atoms with Gasteiger partial charge in [-0.15, -0.1) is 0 Å². The Labute approximate surface area is 161 Å². The smallest absolute Gasteiger partial charge is 0.265 e. The second kappa shape index (κ2) is 8.80. The summed E-state index contributed by atoms with van der Waals surface area (Å²) in [5, 5.41) is 2.88. The van der Waals surface area contributed by atoms with Gasteiger partial charge in [-0.2, -0.15) is 0 Å². The molecule has 1 amide bonds. The fourth-order valence-corrected chi connectivity index (χ4v) is 2.64. The van der Waals surface area contributed by atoms with Gasteiger partial charge in [0, 0.05) is 6.07 Å². The van der Waals surface area contributed by atoms with Crippen molar-refractivity contribution in [3.05, 3.63) is 48.0 Å². The summed E-state index contributed by atoms with van der Waals surface area (Å²) >= 11 is 0. The molecule has 0 saturated carbocycles. The van der Waals surface area contributed by atoms with E-state index in [4.69, 9.17) is 14.2 Å². The molecular formula is C22H29NO4. The van der Waals surface area contributed by atoms with Gasteiger partial charge >= 0.3 is 0 Å². The molecule has 0 fully saturated rings. The lowest BCUT2D eigenvalue weighted by atomic mass is 9.87. The van der Waals surface area contributed by atoms with Gasteiger partial charge in [0.1, 0.15) is 17.2 Å². The quantitative estimate of drug-likeness (QED) is 0.760. The second-order valence-electron chi connectivity index (χ2n) is 7.34. The van der Waals surface area contributed by atoms with Gasteiger partial charge in [0.25, 0.3) is 5.91 Å². The van der Waals surface area contributed by atoms with Crippen LogP contribution in [-0.4, -0.2) is 26.2 Å². The summed E-state index contributed by atoms with van der Waals surface area (Å²) in [5.41, 5.74) is 1.87. The summed E-state index contributed by atoms with van der Waals surface area (Å²) in [4.78, 5) is 12.7. The molecule has 0 radical (unpaired) electrons. The fourth-order valence-electron chi connectivity index (χ4n) is 2.64. The second-order valence-corrected chi connectivity index (χ2v) is 7.34. The van der Waals surface area contributed by atoms with E-state index in [2.05, 4.69) is 26.1 Å². The van der Waals surface area contributed by atoms with Gasteiger partial charge in [0.2, 0.25) is 0 Å². The fraction of sp³-hybridized carbons (Fsp3) is 0.409. The van der Waals surface area contributed by atoms with Crippen molar-refractivity contribution in [1.82, 2.24) is 0 Å². The van der Waals surface area contributed by atoms with Gasteiger partial charge < -0.3 is 19.5 Å². The van der Waals surface area contributed by atoms with Gasteiger partial charge in [0.05, 0.1) is 19.9 Å². The van der Waals surface area contributed by atoms with Crippen LogP contribution in [0.2, 0.25) is 0 Å². The molecule has 0 aliphatic rings. The number of rotatable bonds is 7. The molecule has 1 N–H and O–H groups in total. The predicted molar refractivity (Wildman–Crippen MR) is 108 cm³/mol. The van der Waals surface area contributed by atoms with Crippen molar-refractivity contribution in [1.29, 1.82) is 0 Å². The van der Waals surface area contributed by atoms with Crippen molar-refractivity contribution in [3.63, 3.8) is 0 Å². The third-order valence-electron chi connectivity index (χ3n) is 4.33. The number of benzene rings is 2. The zero-order valence-corrected chi connectivity index (χ0v) is 17.0. The van der Waals surface area contributed by atoms with Crippen molar-refractivity contribution in [3.8, 4) is 17.2 Å². The third kappa shape index (κ3) is 5.39. The van der Waals surface area contributed by atoms with Crippen LogP contribution in [0.1, 0.15) is 39.7 Å². The first-order chi connectivity index (χ1) is 12.8. The molecule has 2 aromatic carbocycles. The van der Waals surface area contributed by atoms with E-state index in [1.165, 1.54) is 5.56 Å². The summed E-state index contributed by atoms with van der Waals surface area (Å²) < 4.78 is 16.4. The standard InChI is InChI=1S/C22H29NO4/c1-7-19(27-16-10-8-15(9-11-16)22(2,3)4)21(24)23-18-13-12-17(25-5)14-20(18)26-6/h8-14,19H,7H2,1-6H3,(H,23,24)/t19-/m0/s1. The number of ether oxygens (including phenoxy) is 3. The highest BCUT2D eigenvalue weighted by atomic mass is 16.5. The van der Waals surface area contributed by atoms with E-state index in [0.29, 0.717) is 29.4 Å². The maximum absolute atomic E-state index is 12.7. The number of amides is 1. The molecule has 0 bridgehead atoms. The van der Waals surface area contributed by atoms with Crippen LogP contribution in [0.4, 0.5) is 5.69 Å². The summed E-state index contributed by atoms with van der Waals surface area (Å²) in [6.07, 6.45) is -0.0528. The van der Waals surface area contributed by atoms with Crippen LogP contribution in [0, 0.1) is 0 Å². The summed E-state index contributed by atoms with van der Waals surface area (Å²) in [7, 11) is 3.13. The highest BCUT2D eigenvalue weighted by Crippen LogP contribution is 2.30. The molecule has 5 heteroatoms. The molecule has 2 rings (SSSR count). The Bertz CT molecular complexity index is 763. The average Bonchev–Trinajstić information content (AvgIpc) is 2.65. The maximum atomic E-state index is 12.7. The molecule has 1 atom stereocenters.